The molecule has 0 radical (unpaired) electrons. The summed E-state index contributed by atoms with van der Waals surface area (Å²) in [4.78, 5) is 15.5. The molecule has 2 aromatic rings. The lowest BCUT2D eigenvalue weighted by molar-refractivity contribution is -0.117. The van der Waals surface area contributed by atoms with Crippen LogP contribution in [0.1, 0.15) is 26.7 Å². The van der Waals surface area contributed by atoms with Crippen molar-refractivity contribution in [2.24, 2.45) is 0 Å². The largest absolute Gasteiger partial charge is 0.489 e. The predicted octanol–water partition coefficient (Wildman–Crippen LogP) is 6.16. The Morgan fingerprint density at radius 2 is 1.74 bits per heavy atom. The van der Waals surface area contributed by atoms with Gasteiger partial charge >= 0.3 is 0 Å². The van der Waals surface area contributed by atoms with E-state index in [0.29, 0.717) is 0 Å². The van der Waals surface area contributed by atoms with Crippen LogP contribution in [0.5, 0.6) is 5.75 Å². The van der Waals surface area contributed by atoms with Gasteiger partial charge in [-0.25, -0.2) is 4.31 Å². The van der Waals surface area contributed by atoms with E-state index in [1.807, 2.05) is 12.3 Å². The fourth-order valence-corrected chi connectivity index (χ4v) is 4.35. The summed E-state index contributed by atoms with van der Waals surface area (Å²) in [7, 11) is 6.86. The summed E-state index contributed by atoms with van der Waals surface area (Å²) in [5.74, 6) is 0.779. The molecule has 8 heteroatoms. The number of benzene rings is 2. The molecule has 34 heavy (non-hydrogen) atoms. The van der Waals surface area contributed by atoms with Gasteiger partial charge < -0.3 is 23.9 Å². The highest BCUT2D eigenvalue weighted by Gasteiger charge is 2.23. The number of rotatable bonds is 8. The highest BCUT2D eigenvalue weighted by atomic mass is 32.2. The number of hydrogen-bond donors (Lipinski definition) is 0. The van der Waals surface area contributed by atoms with Gasteiger partial charge in [0, 0.05) is 40.1 Å². The number of nitrogens with zero attached hydrogens (tertiary/aromatic N) is 2. The minimum atomic E-state index is -0.560. The summed E-state index contributed by atoms with van der Waals surface area (Å²) in [5, 5.41) is 0. The third-order valence-electron chi connectivity index (χ3n) is 4.85. The number of anilines is 2. The lowest BCUT2D eigenvalue weighted by atomic mass is 10.2. The predicted molar refractivity (Wildman–Crippen MR) is 146 cm³/mol. The van der Waals surface area contributed by atoms with Crippen molar-refractivity contribution in [2.45, 2.75) is 42.6 Å². The summed E-state index contributed by atoms with van der Waals surface area (Å²) in [6, 6.07) is 14.7. The standard InChI is InChI=1S/C20H24N2O3S2.C4H10.C2H6O/c1-21-9-10-22(15-7-5-4-6-8-15)17-11-20(26-3)18(12-19(17)27-21)25-14-16(13-23)24-2;1-3-4-2;1-3-2/h4-8,11-13,16H,9-10,14H2,1-3H3;3-4H2,1-2H3;1-2H3. The maximum absolute atomic E-state index is 11.0. The van der Waals surface area contributed by atoms with E-state index in [2.05, 4.69) is 71.2 Å². The summed E-state index contributed by atoms with van der Waals surface area (Å²) >= 11 is 3.35. The fraction of sp³-hybridized carbons (Fsp3) is 0.500. The van der Waals surface area contributed by atoms with Crippen molar-refractivity contribution in [1.82, 2.24) is 4.31 Å². The SMILES string of the molecule is CCCC.COC.COC(C=O)COc1cc2c(cc1SC)N(c1ccccc1)CCN(C)S2. The lowest BCUT2D eigenvalue weighted by Crippen LogP contribution is -2.24. The average molecular weight is 509 g/mol. The Bertz CT molecular complexity index is 822. The summed E-state index contributed by atoms with van der Waals surface area (Å²) in [6.07, 6.45) is 4.88. The molecule has 0 N–H and O–H groups in total. The van der Waals surface area contributed by atoms with Crippen LogP contribution >= 0.6 is 23.7 Å². The van der Waals surface area contributed by atoms with E-state index in [1.165, 1.54) is 31.3 Å². The van der Waals surface area contributed by atoms with Crippen molar-refractivity contribution < 1.29 is 19.0 Å². The second kappa shape index (κ2) is 17.7. The minimum Gasteiger partial charge on any atom is -0.489 e. The lowest BCUT2D eigenvalue weighted by Gasteiger charge is -2.25. The maximum Gasteiger partial charge on any atom is 0.152 e. The molecule has 6 nitrogen and oxygen atoms in total. The van der Waals surface area contributed by atoms with E-state index in [-0.39, 0.29) is 6.61 Å². The molecule has 0 saturated carbocycles. The van der Waals surface area contributed by atoms with Gasteiger partial charge in [-0.1, -0.05) is 44.9 Å². The Kier molecular flexibility index (Phi) is 15.8. The van der Waals surface area contributed by atoms with E-state index in [4.69, 9.17) is 9.47 Å². The highest BCUT2D eigenvalue weighted by molar-refractivity contribution is 7.98. The first-order valence-corrected chi connectivity index (χ1v) is 13.4. The number of thioether (sulfide) groups is 1. The van der Waals surface area contributed by atoms with Crippen LogP contribution in [0.25, 0.3) is 0 Å². The summed E-state index contributed by atoms with van der Waals surface area (Å²) in [5.41, 5.74) is 2.35. The number of ether oxygens (including phenoxy) is 3. The van der Waals surface area contributed by atoms with Gasteiger partial charge in [-0.3, -0.25) is 0 Å². The van der Waals surface area contributed by atoms with Crippen LogP contribution in [0.3, 0.4) is 0 Å². The van der Waals surface area contributed by atoms with Gasteiger partial charge in [-0.2, -0.15) is 0 Å². The molecule has 190 valence electrons. The van der Waals surface area contributed by atoms with Gasteiger partial charge in [-0.05, 0) is 49.5 Å². The second-order valence-corrected chi connectivity index (χ2v) is 9.62. The van der Waals surface area contributed by atoms with Crippen LogP contribution in [-0.2, 0) is 14.3 Å². The molecule has 0 aromatic heterocycles. The normalized spacial score (nSPS) is 13.9. The molecule has 0 aliphatic carbocycles. The highest BCUT2D eigenvalue weighted by Crippen LogP contribution is 2.44. The zero-order valence-corrected chi connectivity index (χ0v) is 23.2. The molecule has 1 heterocycles. The molecule has 1 unspecified atom stereocenters. The Labute approximate surface area is 214 Å². The number of likely N-dealkylation sites (N-methyl/N-ethyl adjacent to an activating group) is 1. The molecule has 0 spiro atoms. The average Bonchev–Trinajstić information content (AvgIpc) is 3.02. The molecule has 1 atom stereocenters. The second-order valence-electron chi connectivity index (χ2n) is 7.53. The minimum absolute atomic E-state index is 0.204. The van der Waals surface area contributed by atoms with Gasteiger partial charge in [0.2, 0.25) is 0 Å². The van der Waals surface area contributed by atoms with Crippen LogP contribution in [0, 0.1) is 0 Å². The Morgan fingerprint density at radius 3 is 2.26 bits per heavy atom. The zero-order valence-electron chi connectivity index (χ0n) is 21.6. The zero-order chi connectivity index (χ0) is 25.3. The van der Waals surface area contributed by atoms with Gasteiger partial charge in [-0.15, -0.1) is 11.8 Å². The molecular formula is C26H40N2O4S2. The first-order valence-electron chi connectivity index (χ1n) is 11.4. The molecule has 2 aromatic carbocycles. The van der Waals surface area contributed by atoms with Gasteiger partial charge in [0.25, 0.3) is 0 Å². The van der Waals surface area contributed by atoms with Crippen LogP contribution in [0.4, 0.5) is 11.4 Å². The molecule has 1 aliphatic rings. The van der Waals surface area contributed by atoms with Gasteiger partial charge in [0.1, 0.15) is 18.5 Å². The first kappa shape index (κ1) is 30.3. The monoisotopic (exact) mass is 508 g/mol. The van der Waals surface area contributed by atoms with Crippen molar-refractivity contribution >= 4 is 41.4 Å². The Morgan fingerprint density at radius 1 is 1.09 bits per heavy atom. The quantitative estimate of drug-likeness (QED) is 0.239. The van der Waals surface area contributed by atoms with Gasteiger partial charge in [0.05, 0.1) is 15.5 Å². The van der Waals surface area contributed by atoms with Gasteiger partial charge in [0.15, 0.2) is 6.29 Å². The number of aldehydes is 1. The molecule has 1 aliphatic heterocycles. The first-order chi connectivity index (χ1) is 16.5. The molecule has 0 amide bonds. The molecule has 0 fully saturated rings. The maximum atomic E-state index is 11.0. The number of carbonyl (C=O) groups excluding carboxylic acids is 1. The molecule has 3 rings (SSSR count). The van der Waals surface area contributed by atoms with E-state index in [1.54, 1.807) is 37.9 Å². The van der Waals surface area contributed by atoms with E-state index >= 15 is 0 Å². The molecular weight excluding hydrogens is 468 g/mol. The summed E-state index contributed by atoms with van der Waals surface area (Å²) < 4.78 is 17.5. The van der Waals surface area contributed by atoms with Crippen LogP contribution in [0.2, 0.25) is 0 Å². The number of para-hydroxylation sites is 1. The van der Waals surface area contributed by atoms with Crippen molar-refractivity contribution in [2.75, 3.05) is 59.2 Å². The van der Waals surface area contributed by atoms with Crippen LogP contribution in [-0.4, -0.2) is 71.0 Å². The topological polar surface area (TPSA) is 51.2 Å². The smallest absolute Gasteiger partial charge is 0.152 e. The van der Waals surface area contributed by atoms with Crippen LogP contribution in [0.15, 0.2) is 52.3 Å². The van der Waals surface area contributed by atoms with Crippen molar-refractivity contribution in [3.8, 4) is 5.75 Å². The number of methoxy groups -OCH3 is 2. The van der Waals surface area contributed by atoms with Crippen LogP contribution < -0.4 is 9.64 Å². The van der Waals surface area contributed by atoms with E-state index in [0.717, 1.165) is 34.9 Å². The fourth-order valence-electron chi connectivity index (χ4n) is 2.87. The van der Waals surface area contributed by atoms with E-state index in [9.17, 15) is 4.79 Å². The summed E-state index contributed by atoms with van der Waals surface area (Å²) in [6.45, 7) is 6.41. The number of carbonyl (C=O) groups is 1. The number of fused-ring (bicyclic) bond motifs is 1. The third kappa shape index (κ3) is 9.88. The number of unbranched alkanes of at least 4 members (excludes halogenated alkanes) is 1. The van der Waals surface area contributed by atoms with Crippen molar-refractivity contribution in [3.63, 3.8) is 0 Å². The van der Waals surface area contributed by atoms with Crippen molar-refractivity contribution in [3.05, 3.63) is 42.5 Å². The third-order valence-corrected chi connectivity index (χ3v) is 6.63. The van der Waals surface area contributed by atoms with E-state index < -0.39 is 6.10 Å². The Balaban J connectivity index is 0.000000732. The number of hydrogen-bond acceptors (Lipinski definition) is 8. The molecule has 0 bridgehead atoms. The Hall–Kier alpha value is -1.71. The van der Waals surface area contributed by atoms with Crippen molar-refractivity contribution in [1.29, 1.82) is 0 Å². The molecule has 0 saturated heterocycles.